The van der Waals surface area contributed by atoms with E-state index in [0.717, 1.165) is 6.42 Å². The van der Waals surface area contributed by atoms with E-state index in [2.05, 4.69) is 6.92 Å². The molecule has 0 aromatic rings. The minimum absolute atomic E-state index is 1.07. The van der Waals surface area contributed by atoms with Crippen LogP contribution in [0.5, 0.6) is 0 Å². The van der Waals surface area contributed by atoms with Crippen LogP contribution in [0.3, 0.4) is 0 Å². The molecule has 0 atom stereocenters. The van der Waals surface area contributed by atoms with E-state index in [1.165, 1.54) is 5.46 Å². The third-order valence-electron chi connectivity index (χ3n) is 0.842. The van der Waals surface area contributed by atoms with Gasteiger partial charge in [0.05, 0.1) is 0 Å². The molecule has 0 saturated heterocycles. The number of hydrogen-bond donors (Lipinski definition) is 0. The Labute approximate surface area is 41.2 Å². The number of hydrogen-bond acceptors (Lipinski definition) is 0. The van der Waals surface area contributed by atoms with Crippen molar-refractivity contribution >= 4 is 20.0 Å². The van der Waals surface area contributed by atoms with Crippen molar-refractivity contribution in [2.45, 2.75) is 20.3 Å². The molecule has 0 bridgehead atoms. The summed E-state index contributed by atoms with van der Waals surface area (Å²) in [6.45, 7) is 5.73. The summed E-state index contributed by atoms with van der Waals surface area (Å²) < 4.78 is 0. The van der Waals surface area contributed by atoms with Gasteiger partial charge in [-0.3, -0.25) is 0 Å². The molecule has 0 aromatic carbocycles. The molecular formula is C4H8B2. The Bertz CT molecular complexity index is 56.6. The third-order valence-corrected chi connectivity index (χ3v) is 0.842. The molecule has 0 N–H and O–H groups in total. The fraction of sp³-hybridized carbons (Fsp3) is 0.750. The quantitative estimate of drug-likeness (QED) is 0.397. The van der Waals surface area contributed by atoms with Crippen LogP contribution in [0.15, 0.2) is 0 Å². The van der Waals surface area contributed by atoms with Gasteiger partial charge in [0.1, 0.15) is 0 Å². The molecular weight excluding hydrogens is 69.7 g/mol. The van der Waals surface area contributed by atoms with Gasteiger partial charge in [0.15, 0.2) is 0 Å². The second-order valence-corrected chi connectivity index (χ2v) is 1.37. The van der Waals surface area contributed by atoms with E-state index in [0.29, 0.717) is 0 Å². The molecule has 0 heterocycles. The summed E-state index contributed by atoms with van der Waals surface area (Å²) in [4.78, 5) is 0. The van der Waals surface area contributed by atoms with Crippen LogP contribution in [-0.4, -0.2) is 20.0 Å². The topological polar surface area (TPSA) is 0 Å². The van der Waals surface area contributed by atoms with Crippen molar-refractivity contribution < 1.29 is 0 Å². The predicted octanol–water partition coefficient (Wildman–Crippen LogP) is 0.376. The molecule has 2 heteroatoms. The van der Waals surface area contributed by atoms with E-state index < -0.39 is 0 Å². The molecule has 0 aromatic heterocycles. The van der Waals surface area contributed by atoms with E-state index in [9.17, 15) is 0 Å². The summed E-state index contributed by atoms with van der Waals surface area (Å²) in [6.07, 6.45) is 1.07. The van der Waals surface area contributed by atoms with Crippen LogP contribution < -0.4 is 0 Å². The molecule has 0 rings (SSSR count). The first-order valence-electron chi connectivity index (χ1n) is 2.18. The average molecular weight is 77.7 g/mol. The molecule has 0 saturated carbocycles. The summed E-state index contributed by atoms with van der Waals surface area (Å²) in [5.41, 5.74) is 1.25. The Morgan fingerprint density at radius 1 is 1.83 bits per heavy atom. The van der Waals surface area contributed by atoms with Crippen molar-refractivity contribution in [3.05, 3.63) is 0 Å². The van der Waals surface area contributed by atoms with Crippen molar-refractivity contribution in [1.29, 1.82) is 0 Å². The average Bonchev–Trinajstić information content (AvgIpc) is 1.65. The van der Waals surface area contributed by atoms with Crippen LogP contribution >= 0.6 is 0 Å². The predicted molar refractivity (Wildman–Crippen MR) is 32.5 cm³/mol. The molecule has 0 aliphatic carbocycles. The molecule has 0 aliphatic rings. The molecule has 30 valence electrons. The van der Waals surface area contributed by atoms with Crippen molar-refractivity contribution in [2.75, 3.05) is 0 Å². The first kappa shape index (κ1) is 6.00. The van der Waals surface area contributed by atoms with E-state index in [-0.39, 0.29) is 0 Å². The SMILES string of the molecule is [B]B=C(C)CC. The van der Waals surface area contributed by atoms with Gasteiger partial charge in [-0.2, -0.15) is 0 Å². The van der Waals surface area contributed by atoms with Gasteiger partial charge in [-0.15, -0.1) is 0 Å². The van der Waals surface area contributed by atoms with Gasteiger partial charge in [-0.25, -0.2) is 0 Å². The van der Waals surface area contributed by atoms with E-state index >= 15 is 0 Å². The van der Waals surface area contributed by atoms with Crippen molar-refractivity contribution in [1.82, 2.24) is 0 Å². The summed E-state index contributed by atoms with van der Waals surface area (Å²) >= 11 is 0. The fourth-order valence-corrected chi connectivity index (χ4v) is 0.118. The Balaban J connectivity index is 3.22. The Morgan fingerprint density at radius 3 is 2.33 bits per heavy atom. The zero-order valence-corrected chi connectivity index (χ0v) is 4.36. The normalized spacial score (nSPS) is 10.7. The fourth-order valence-electron chi connectivity index (χ4n) is 0.118. The molecule has 6 heavy (non-hydrogen) atoms. The standard InChI is InChI=1S/C4H8B2/c1-3-4(2)6-5/h3H2,1-2H3. The monoisotopic (exact) mass is 78.1 g/mol. The van der Waals surface area contributed by atoms with Gasteiger partial charge < -0.3 is 0 Å². The van der Waals surface area contributed by atoms with Crippen LogP contribution in [0.25, 0.3) is 0 Å². The van der Waals surface area contributed by atoms with Gasteiger partial charge in [0.25, 0.3) is 0 Å². The summed E-state index contributed by atoms with van der Waals surface area (Å²) in [5, 5.41) is 0. The van der Waals surface area contributed by atoms with Crippen LogP contribution in [0.4, 0.5) is 0 Å². The van der Waals surface area contributed by atoms with E-state index in [1.807, 2.05) is 6.92 Å². The Kier molecular flexibility index (Phi) is 3.20. The summed E-state index contributed by atoms with van der Waals surface area (Å²) in [5.74, 6) is 0. The van der Waals surface area contributed by atoms with Crippen molar-refractivity contribution in [2.24, 2.45) is 0 Å². The van der Waals surface area contributed by atoms with Gasteiger partial charge in [-0.1, -0.05) is 0 Å². The van der Waals surface area contributed by atoms with Crippen LogP contribution in [-0.2, 0) is 0 Å². The second kappa shape index (κ2) is 3.20. The molecule has 0 nitrogen and oxygen atoms in total. The Hall–Kier alpha value is -0.000130. The van der Waals surface area contributed by atoms with Crippen LogP contribution in [0, 0.1) is 0 Å². The molecule has 0 spiro atoms. The number of rotatable bonds is 1. The molecule has 0 fully saturated rings. The zero-order chi connectivity index (χ0) is 4.99. The molecule has 0 aliphatic heterocycles. The first-order chi connectivity index (χ1) is 2.81. The molecule has 0 unspecified atom stereocenters. The molecule has 2 radical (unpaired) electrons. The minimum atomic E-state index is 1.07. The van der Waals surface area contributed by atoms with E-state index in [1.54, 1.807) is 6.81 Å². The van der Waals surface area contributed by atoms with Crippen LogP contribution in [0.1, 0.15) is 20.3 Å². The van der Waals surface area contributed by atoms with Gasteiger partial charge in [-0.05, 0) is 0 Å². The van der Waals surface area contributed by atoms with Gasteiger partial charge in [0, 0.05) is 0 Å². The Morgan fingerprint density at radius 2 is 2.33 bits per heavy atom. The summed E-state index contributed by atoms with van der Waals surface area (Å²) in [6, 6.07) is 0. The van der Waals surface area contributed by atoms with Crippen molar-refractivity contribution in [3.8, 4) is 0 Å². The first-order valence-corrected chi connectivity index (χ1v) is 2.18. The van der Waals surface area contributed by atoms with Gasteiger partial charge >= 0.3 is 40.3 Å². The maximum absolute atomic E-state index is 5.12. The van der Waals surface area contributed by atoms with E-state index in [4.69, 9.17) is 7.74 Å². The second-order valence-electron chi connectivity index (χ2n) is 1.37. The van der Waals surface area contributed by atoms with Crippen molar-refractivity contribution in [3.63, 3.8) is 0 Å². The van der Waals surface area contributed by atoms with Crippen LogP contribution in [0.2, 0.25) is 0 Å². The summed E-state index contributed by atoms with van der Waals surface area (Å²) in [7, 11) is 5.12. The van der Waals surface area contributed by atoms with Gasteiger partial charge in [0.2, 0.25) is 0 Å². The maximum atomic E-state index is 5.12. The zero-order valence-electron chi connectivity index (χ0n) is 4.36. The third kappa shape index (κ3) is 2.25. The molecule has 0 amide bonds.